The highest BCUT2D eigenvalue weighted by Crippen LogP contribution is 2.27. The molecule has 0 heterocycles. The number of anilines is 1. The molecule has 0 radical (unpaired) electrons. The number of carbonyl (C=O) groups excluding carboxylic acids is 1. The van der Waals surface area contributed by atoms with Crippen LogP contribution in [0.3, 0.4) is 0 Å². The molecule has 0 aliphatic heterocycles. The molecule has 1 aromatic rings. The van der Waals surface area contributed by atoms with E-state index in [2.05, 4.69) is 15.6 Å². The Morgan fingerprint density at radius 3 is 2.42 bits per heavy atom. The molecule has 5 N–H and O–H groups in total. The van der Waals surface area contributed by atoms with E-state index in [9.17, 15) is 23.1 Å². The highest BCUT2D eigenvalue weighted by Gasteiger charge is 2.31. The number of benzene rings is 1. The number of hydrogen-bond donors (Lipinski definition) is 4. The maximum atomic E-state index is 12.1. The molecule has 1 amide bonds. The van der Waals surface area contributed by atoms with E-state index in [1.165, 1.54) is 18.6 Å². The van der Waals surface area contributed by atoms with Gasteiger partial charge >= 0.3 is 6.36 Å². The van der Waals surface area contributed by atoms with Crippen molar-refractivity contribution in [3.05, 3.63) is 24.3 Å². The van der Waals surface area contributed by atoms with E-state index < -0.39 is 24.4 Å². The number of nitrogens with two attached hydrogens (primary N) is 1. The summed E-state index contributed by atoms with van der Waals surface area (Å²) in [7, 11) is 0. The normalized spacial score (nSPS) is 18.0. The minimum absolute atomic E-state index is 0.334. The lowest BCUT2D eigenvalue weighted by Gasteiger charge is -2.26. The van der Waals surface area contributed by atoms with Gasteiger partial charge in [0.05, 0.1) is 5.69 Å². The van der Waals surface area contributed by atoms with Gasteiger partial charge in [0.2, 0.25) is 0 Å². The van der Waals surface area contributed by atoms with Crippen molar-refractivity contribution in [2.75, 3.05) is 5.43 Å². The van der Waals surface area contributed by atoms with Crippen molar-refractivity contribution >= 4 is 11.6 Å². The van der Waals surface area contributed by atoms with E-state index in [0.29, 0.717) is 18.0 Å². The molecule has 2 rings (SSSR count). The predicted octanol–water partition coefficient (Wildman–Crippen LogP) is 2.69. The maximum absolute atomic E-state index is 12.1. The smallest absolute Gasteiger partial charge is 0.406 e. The Labute approximate surface area is 149 Å². The van der Waals surface area contributed by atoms with Crippen LogP contribution in [-0.4, -0.2) is 29.5 Å². The lowest BCUT2D eigenvalue weighted by molar-refractivity contribution is -0.274. The fourth-order valence-electron chi connectivity index (χ4n) is 3.08. The summed E-state index contributed by atoms with van der Waals surface area (Å²) in [4.78, 5) is 12.0. The summed E-state index contributed by atoms with van der Waals surface area (Å²) in [5.41, 5.74) is 11.1. The molecule has 2 unspecified atom stereocenters. The van der Waals surface area contributed by atoms with Crippen LogP contribution in [0.25, 0.3) is 0 Å². The number of nitrogens with one attached hydrogen (secondary N) is 2. The van der Waals surface area contributed by atoms with Gasteiger partial charge in [-0.3, -0.25) is 15.6 Å². The number of hydrogen-bond acceptors (Lipinski definition) is 5. The Bertz CT molecular complexity index is 575. The van der Waals surface area contributed by atoms with Crippen molar-refractivity contribution in [3.63, 3.8) is 0 Å². The van der Waals surface area contributed by atoms with Gasteiger partial charge in [-0.25, -0.2) is 0 Å². The summed E-state index contributed by atoms with van der Waals surface area (Å²) < 4.78 is 40.0. The molecular weight excluding hydrogens is 351 g/mol. The van der Waals surface area contributed by atoms with Gasteiger partial charge in [-0.05, 0) is 36.6 Å². The zero-order chi connectivity index (χ0) is 19.2. The molecule has 0 spiro atoms. The minimum Gasteiger partial charge on any atom is -0.406 e. The largest absolute Gasteiger partial charge is 0.573 e. The number of amides is 1. The van der Waals surface area contributed by atoms with Crippen LogP contribution in [0.2, 0.25) is 0 Å². The summed E-state index contributed by atoms with van der Waals surface area (Å²) >= 11 is 0. The first-order valence-electron chi connectivity index (χ1n) is 8.60. The summed E-state index contributed by atoms with van der Waals surface area (Å²) in [6.07, 6.45) is 0.0899. The molecule has 0 saturated heterocycles. The minimum atomic E-state index is -4.76. The van der Waals surface area contributed by atoms with Gasteiger partial charge in [-0.1, -0.05) is 32.1 Å². The average molecular weight is 375 g/mol. The second-order valence-corrected chi connectivity index (χ2v) is 6.53. The molecule has 146 valence electrons. The SMILES string of the molecule is NC(CC1CCCCC1)C(O)C(=O)NNc1ccc(OC(F)(F)F)cc1. The summed E-state index contributed by atoms with van der Waals surface area (Å²) in [5.74, 6) is -0.636. The number of halogens is 3. The maximum Gasteiger partial charge on any atom is 0.573 e. The second kappa shape index (κ2) is 9.09. The Morgan fingerprint density at radius 1 is 1.23 bits per heavy atom. The number of carbonyl (C=O) groups is 1. The molecule has 1 saturated carbocycles. The summed E-state index contributed by atoms with van der Waals surface area (Å²) in [6, 6.07) is 4.15. The standard InChI is InChI=1S/C17H24F3N3O3/c18-17(19,20)26-13-8-6-12(7-9-13)22-23-16(25)15(24)14(21)10-11-4-2-1-3-5-11/h6-9,11,14-15,22,24H,1-5,10,21H2,(H,23,25). The molecular formula is C17H24F3N3O3. The van der Waals surface area contributed by atoms with Crippen LogP contribution in [0.4, 0.5) is 18.9 Å². The van der Waals surface area contributed by atoms with Crippen LogP contribution in [0.1, 0.15) is 38.5 Å². The van der Waals surface area contributed by atoms with Crippen molar-refractivity contribution in [1.29, 1.82) is 0 Å². The number of aliphatic hydroxyl groups excluding tert-OH is 1. The van der Waals surface area contributed by atoms with Crippen LogP contribution in [-0.2, 0) is 4.79 Å². The van der Waals surface area contributed by atoms with Gasteiger partial charge in [-0.15, -0.1) is 13.2 Å². The van der Waals surface area contributed by atoms with Crippen LogP contribution in [0.15, 0.2) is 24.3 Å². The van der Waals surface area contributed by atoms with Crippen LogP contribution in [0, 0.1) is 5.92 Å². The van der Waals surface area contributed by atoms with Gasteiger partial charge in [-0.2, -0.15) is 0 Å². The second-order valence-electron chi connectivity index (χ2n) is 6.53. The molecule has 9 heteroatoms. The highest BCUT2D eigenvalue weighted by atomic mass is 19.4. The Balaban J connectivity index is 1.77. The lowest BCUT2D eigenvalue weighted by atomic mass is 9.84. The summed E-state index contributed by atoms with van der Waals surface area (Å²) in [5, 5.41) is 10.0. The Kier molecular flexibility index (Phi) is 7.10. The number of alkyl halides is 3. The Hall–Kier alpha value is -2.00. The highest BCUT2D eigenvalue weighted by molar-refractivity contribution is 5.82. The van der Waals surface area contributed by atoms with Gasteiger partial charge in [0.25, 0.3) is 5.91 Å². The van der Waals surface area contributed by atoms with Crippen LogP contribution in [0.5, 0.6) is 5.75 Å². The van der Waals surface area contributed by atoms with Gasteiger partial charge in [0, 0.05) is 6.04 Å². The average Bonchev–Trinajstić information content (AvgIpc) is 2.59. The molecule has 2 atom stereocenters. The van der Waals surface area contributed by atoms with Crippen LogP contribution >= 0.6 is 0 Å². The van der Waals surface area contributed by atoms with E-state index in [4.69, 9.17) is 5.73 Å². The molecule has 1 aliphatic rings. The van der Waals surface area contributed by atoms with E-state index in [0.717, 1.165) is 37.8 Å². The third-order valence-electron chi connectivity index (χ3n) is 4.42. The first-order valence-corrected chi connectivity index (χ1v) is 8.60. The first-order chi connectivity index (χ1) is 12.2. The van der Waals surface area contributed by atoms with Crippen molar-refractivity contribution in [2.45, 2.75) is 57.0 Å². The third-order valence-corrected chi connectivity index (χ3v) is 4.42. The topological polar surface area (TPSA) is 96.6 Å². The van der Waals surface area contributed by atoms with Crippen LogP contribution < -0.4 is 21.3 Å². The first kappa shape index (κ1) is 20.3. The van der Waals surface area contributed by atoms with Crippen molar-refractivity contribution in [3.8, 4) is 5.75 Å². The van der Waals surface area contributed by atoms with Crippen molar-refractivity contribution in [1.82, 2.24) is 5.43 Å². The zero-order valence-corrected chi connectivity index (χ0v) is 14.3. The van der Waals surface area contributed by atoms with E-state index in [-0.39, 0.29) is 5.75 Å². The fraction of sp³-hybridized carbons (Fsp3) is 0.588. The quantitative estimate of drug-likeness (QED) is 0.550. The predicted molar refractivity (Wildman–Crippen MR) is 90.1 cm³/mol. The van der Waals surface area contributed by atoms with E-state index in [1.807, 2.05) is 0 Å². The molecule has 1 aliphatic carbocycles. The molecule has 0 aromatic heterocycles. The monoisotopic (exact) mass is 375 g/mol. The molecule has 1 fully saturated rings. The lowest BCUT2D eigenvalue weighted by Crippen LogP contribution is -2.48. The zero-order valence-electron chi connectivity index (χ0n) is 14.3. The van der Waals surface area contributed by atoms with Crippen molar-refractivity contribution in [2.24, 2.45) is 11.7 Å². The molecule has 0 bridgehead atoms. The number of ether oxygens (including phenoxy) is 1. The summed E-state index contributed by atoms with van der Waals surface area (Å²) in [6.45, 7) is 0. The third kappa shape index (κ3) is 6.72. The van der Waals surface area contributed by atoms with Gasteiger partial charge < -0.3 is 15.6 Å². The number of hydrazine groups is 1. The van der Waals surface area contributed by atoms with Gasteiger partial charge in [0.1, 0.15) is 11.9 Å². The Morgan fingerprint density at radius 2 is 1.85 bits per heavy atom. The fourth-order valence-corrected chi connectivity index (χ4v) is 3.08. The van der Waals surface area contributed by atoms with Crippen molar-refractivity contribution < 1.29 is 27.8 Å². The molecule has 1 aromatic carbocycles. The van der Waals surface area contributed by atoms with Gasteiger partial charge in [0.15, 0.2) is 0 Å². The van der Waals surface area contributed by atoms with E-state index >= 15 is 0 Å². The molecule has 26 heavy (non-hydrogen) atoms. The molecule has 6 nitrogen and oxygen atoms in total. The van der Waals surface area contributed by atoms with E-state index in [1.54, 1.807) is 0 Å². The number of aliphatic hydroxyl groups is 1. The number of rotatable bonds is 7.